The molecule has 0 saturated carbocycles. The third-order valence-electron chi connectivity index (χ3n) is 3.14. The Bertz CT molecular complexity index is 606. The summed E-state index contributed by atoms with van der Waals surface area (Å²) >= 11 is 6.66. The quantitative estimate of drug-likeness (QED) is 0.798. The largest absolute Gasteiger partial charge is 0.394 e. The smallest absolute Gasteiger partial charge is 0.244 e. The van der Waals surface area contributed by atoms with Crippen LogP contribution in [0.1, 0.15) is 5.56 Å². The van der Waals surface area contributed by atoms with Gasteiger partial charge in [0.25, 0.3) is 0 Å². The van der Waals surface area contributed by atoms with Crippen molar-refractivity contribution in [1.82, 2.24) is 4.31 Å². The van der Waals surface area contributed by atoms with E-state index in [1.807, 2.05) is 6.92 Å². The van der Waals surface area contributed by atoms with Gasteiger partial charge in [0.1, 0.15) is 0 Å². The van der Waals surface area contributed by atoms with Crippen molar-refractivity contribution in [3.8, 4) is 0 Å². The zero-order chi connectivity index (χ0) is 14.9. The molecule has 1 saturated heterocycles. The third kappa shape index (κ3) is 3.26. The number of benzene rings is 1. The average Bonchev–Trinajstić information content (AvgIpc) is 2.42. The molecular formula is C12H15Br2NO4S. The number of aliphatic hydroxyl groups excluding tert-OH is 1. The summed E-state index contributed by atoms with van der Waals surface area (Å²) in [6, 6.07) is 3.36. The number of rotatable bonds is 3. The molecule has 2 rings (SSSR count). The van der Waals surface area contributed by atoms with Crippen LogP contribution in [0.4, 0.5) is 0 Å². The lowest BCUT2D eigenvalue weighted by atomic mass is 10.2. The lowest BCUT2D eigenvalue weighted by Crippen LogP contribution is -2.46. The zero-order valence-corrected chi connectivity index (χ0v) is 14.8. The third-order valence-corrected chi connectivity index (χ3v) is 6.81. The van der Waals surface area contributed by atoms with Crippen LogP contribution in [0.15, 0.2) is 26.0 Å². The Hall–Kier alpha value is 0.01000. The van der Waals surface area contributed by atoms with E-state index in [4.69, 9.17) is 9.84 Å². The average molecular weight is 429 g/mol. The van der Waals surface area contributed by atoms with Crippen molar-refractivity contribution in [2.24, 2.45) is 0 Å². The summed E-state index contributed by atoms with van der Waals surface area (Å²) in [4.78, 5) is 0.216. The molecule has 1 atom stereocenters. The fourth-order valence-electron chi connectivity index (χ4n) is 1.99. The molecule has 8 heteroatoms. The van der Waals surface area contributed by atoms with Crippen LogP contribution in [-0.2, 0) is 14.8 Å². The van der Waals surface area contributed by atoms with Gasteiger partial charge < -0.3 is 9.84 Å². The van der Waals surface area contributed by atoms with E-state index in [0.29, 0.717) is 4.47 Å². The van der Waals surface area contributed by atoms with Crippen molar-refractivity contribution in [2.75, 3.05) is 26.3 Å². The van der Waals surface area contributed by atoms with Crippen molar-refractivity contribution in [2.45, 2.75) is 17.9 Å². The van der Waals surface area contributed by atoms with Crippen LogP contribution in [0, 0.1) is 6.92 Å². The van der Waals surface area contributed by atoms with Gasteiger partial charge in [0.15, 0.2) is 0 Å². The summed E-state index contributed by atoms with van der Waals surface area (Å²) < 4.78 is 33.2. The molecule has 0 radical (unpaired) electrons. The molecule has 0 amide bonds. The topological polar surface area (TPSA) is 66.8 Å². The number of ether oxygens (including phenoxy) is 1. The highest BCUT2D eigenvalue weighted by molar-refractivity contribution is 9.11. The van der Waals surface area contributed by atoms with Crippen LogP contribution in [0.3, 0.4) is 0 Å². The van der Waals surface area contributed by atoms with Crippen molar-refractivity contribution in [1.29, 1.82) is 0 Å². The molecule has 0 aliphatic carbocycles. The Morgan fingerprint density at radius 2 is 2.10 bits per heavy atom. The van der Waals surface area contributed by atoms with Crippen molar-refractivity contribution in [3.05, 3.63) is 26.6 Å². The van der Waals surface area contributed by atoms with Gasteiger partial charge in [-0.3, -0.25) is 0 Å². The zero-order valence-electron chi connectivity index (χ0n) is 10.8. The molecule has 0 bridgehead atoms. The minimum absolute atomic E-state index is 0.163. The first-order valence-electron chi connectivity index (χ1n) is 6.04. The van der Waals surface area contributed by atoms with E-state index >= 15 is 0 Å². The van der Waals surface area contributed by atoms with Crippen LogP contribution in [-0.4, -0.2) is 50.2 Å². The van der Waals surface area contributed by atoms with Gasteiger partial charge in [0.05, 0.1) is 24.2 Å². The summed E-state index contributed by atoms with van der Waals surface area (Å²) in [6.45, 7) is 2.44. The lowest BCUT2D eigenvalue weighted by Gasteiger charge is -2.31. The highest BCUT2D eigenvalue weighted by Gasteiger charge is 2.32. The van der Waals surface area contributed by atoms with Gasteiger partial charge in [-0.25, -0.2) is 8.42 Å². The van der Waals surface area contributed by atoms with Gasteiger partial charge >= 0.3 is 0 Å². The lowest BCUT2D eigenvalue weighted by molar-refractivity contribution is -0.0304. The van der Waals surface area contributed by atoms with E-state index < -0.39 is 16.1 Å². The van der Waals surface area contributed by atoms with E-state index in [9.17, 15) is 8.42 Å². The number of aliphatic hydroxyl groups is 1. The van der Waals surface area contributed by atoms with Crippen molar-refractivity contribution in [3.63, 3.8) is 0 Å². The Morgan fingerprint density at radius 1 is 1.40 bits per heavy atom. The summed E-state index contributed by atoms with van der Waals surface area (Å²) in [6.07, 6.45) is -0.466. The molecule has 1 heterocycles. The highest BCUT2D eigenvalue weighted by atomic mass is 79.9. The highest BCUT2D eigenvalue weighted by Crippen LogP contribution is 2.31. The summed E-state index contributed by atoms with van der Waals surface area (Å²) in [5.74, 6) is 0. The molecule has 1 aromatic carbocycles. The second kappa shape index (κ2) is 6.41. The number of halogens is 2. The summed E-state index contributed by atoms with van der Waals surface area (Å²) in [5, 5.41) is 9.12. The van der Waals surface area contributed by atoms with Gasteiger partial charge in [-0.15, -0.1) is 0 Å². The number of aryl methyl sites for hydroxylation is 1. The van der Waals surface area contributed by atoms with Crippen LogP contribution >= 0.6 is 31.9 Å². The number of sulfonamides is 1. The molecule has 1 N–H and O–H groups in total. The standard InChI is InChI=1S/C12H15Br2NO4S/c1-8-4-11(14)12(5-10(8)13)20(17,18)15-2-3-19-9(6-15)7-16/h4-5,9,16H,2-3,6-7H2,1H3. The van der Waals surface area contributed by atoms with Crippen LogP contribution < -0.4 is 0 Å². The minimum Gasteiger partial charge on any atom is -0.394 e. The Kier molecular flexibility index (Phi) is 5.25. The predicted molar refractivity (Wildman–Crippen MR) is 82.2 cm³/mol. The van der Waals surface area contributed by atoms with Crippen LogP contribution in [0.5, 0.6) is 0 Å². The molecule has 112 valence electrons. The molecule has 1 fully saturated rings. The van der Waals surface area contributed by atoms with Gasteiger partial charge in [0.2, 0.25) is 10.0 Å². The van der Waals surface area contributed by atoms with Gasteiger partial charge in [-0.2, -0.15) is 4.31 Å². The first-order chi connectivity index (χ1) is 9.36. The SMILES string of the molecule is Cc1cc(Br)c(S(=O)(=O)N2CCOC(CO)C2)cc1Br. The Balaban J connectivity index is 2.37. The number of hydrogen-bond acceptors (Lipinski definition) is 4. The normalized spacial score (nSPS) is 21.1. The first kappa shape index (κ1) is 16.4. The molecule has 0 spiro atoms. The van der Waals surface area contributed by atoms with Gasteiger partial charge in [-0.1, -0.05) is 15.9 Å². The van der Waals surface area contributed by atoms with E-state index in [2.05, 4.69) is 31.9 Å². The molecule has 1 aromatic rings. The predicted octanol–water partition coefficient (Wildman–Crippen LogP) is 1.90. The van der Waals surface area contributed by atoms with Gasteiger partial charge in [0, 0.05) is 22.0 Å². The summed E-state index contributed by atoms with van der Waals surface area (Å²) in [7, 11) is -3.61. The molecule has 1 unspecified atom stereocenters. The van der Waals surface area contributed by atoms with Gasteiger partial charge in [-0.05, 0) is 40.5 Å². The molecule has 1 aliphatic heterocycles. The maximum absolute atomic E-state index is 12.7. The maximum Gasteiger partial charge on any atom is 0.244 e. The number of hydrogen-bond donors (Lipinski definition) is 1. The molecule has 5 nitrogen and oxygen atoms in total. The maximum atomic E-state index is 12.7. The second-order valence-corrected chi connectivity index (χ2v) is 8.19. The summed E-state index contributed by atoms with van der Waals surface area (Å²) in [5.41, 5.74) is 0.950. The fourth-order valence-corrected chi connectivity index (χ4v) is 5.08. The van der Waals surface area contributed by atoms with Crippen LogP contribution in [0.2, 0.25) is 0 Å². The van der Waals surface area contributed by atoms with Crippen molar-refractivity contribution < 1.29 is 18.3 Å². The fraction of sp³-hybridized carbons (Fsp3) is 0.500. The Labute approximate surface area is 135 Å². The number of morpholine rings is 1. The Morgan fingerprint density at radius 3 is 2.75 bits per heavy atom. The minimum atomic E-state index is -3.61. The van der Waals surface area contributed by atoms with Crippen molar-refractivity contribution >= 4 is 41.9 Å². The molecular weight excluding hydrogens is 414 g/mol. The van der Waals surface area contributed by atoms with E-state index in [-0.39, 0.29) is 31.2 Å². The van der Waals surface area contributed by atoms with E-state index in [0.717, 1.165) is 10.0 Å². The van der Waals surface area contributed by atoms with E-state index in [1.165, 1.54) is 4.31 Å². The molecule has 1 aliphatic rings. The molecule has 20 heavy (non-hydrogen) atoms. The first-order valence-corrected chi connectivity index (χ1v) is 9.07. The molecule has 0 aromatic heterocycles. The monoisotopic (exact) mass is 427 g/mol. The van der Waals surface area contributed by atoms with Crippen LogP contribution in [0.25, 0.3) is 0 Å². The number of nitrogens with zero attached hydrogens (tertiary/aromatic N) is 1. The second-order valence-electron chi connectivity index (χ2n) is 4.57. The van der Waals surface area contributed by atoms with E-state index in [1.54, 1.807) is 12.1 Å².